The van der Waals surface area contributed by atoms with E-state index in [4.69, 9.17) is 9.73 Å². The van der Waals surface area contributed by atoms with Crippen LogP contribution in [0.1, 0.15) is 58.9 Å². The van der Waals surface area contributed by atoms with E-state index in [9.17, 15) is 4.79 Å². The molecule has 1 aromatic rings. The molecule has 3 heteroatoms. The maximum atomic E-state index is 12.1. The van der Waals surface area contributed by atoms with Crippen LogP contribution in [0.2, 0.25) is 0 Å². The van der Waals surface area contributed by atoms with Gasteiger partial charge in [-0.2, -0.15) is 0 Å². The lowest BCUT2D eigenvalue weighted by atomic mass is 9.89. The molecule has 0 bridgehead atoms. The van der Waals surface area contributed by atoms with Gasteiger partial charge in [0.15, 0.2) is 0 Å². The summed E-state index contributed by atoms with van der Waals surface area (Å²) in [5.41, 5.74) is 1.31. The molecule has 0 aliphatic carbocycles. The van der Waals surface area contributed by atoms with Crippen molar-refractivity contribution in [1.82, 2.24) is 0 Å². The molecule has 0 aliphatic rings. The number of aliphatic imine (C=N–C) groups is 1. The minimum Gasteiger partial charge on any atom is -0.462 e. The Morgan fingerprint density at radius 1 is 1.19 bits per heavy atom. The van der Waals surface area contributed by atoms with E-state index in [0.717, 1.165) is 24.8 Å². The fourth-order valence-electron chi connectivity index (χ4n) is 2.21. The highest BCUT2D eigenvalue weighted by Gasteiger charge is 2.26. The van der Waals surface area contributed by atoms with Crippen molar-refractivity contribution in [2.24, 2.45) is 4.99 Å². The average Bonchev–Trinajstić information content (AvgIpc) is 2.52. The van der Waals surface area contributed by atoms with Crippen molar-refractivity contribution in [1.29, 1.82) is 0 Å². The van der Waals surface area contributed by atoms with Gasteiger partial charge < -0.3 is 4.74 Å². The highest BCUT2D eigenvalue weighted by molar-refractivity contribution is 6.36. The first-order valence-corrected chi connectivity index (χ1v) is 7.88. The van der Waals surface area contributed by atoms with E-state index in [-0.39, 0.29) is 11.5 Å². The summed E-state index contributed by atoms with van der Waals surface area (Å²) in [4.78, 5) is 16.9. The Labute approximate surface area is 128 Å². The summed E-state index contributed by atoms with van der Waals surface area (Å²) in [6.07, 6.45) is 3.50. The third-order valence-electron chi connectivity index (χ3n) is 3.74. The number of ether oxygens (including phenoxy) is 1. The maximum absolute atomic E-state index is 12.1. The third kappa shape index (κ3) is 5.00. The lowest BCUT2D eigenvalue weighted by Crippen LogP contribution is -2.25. The lowest BCUT2D eigenvalue weighted by Gasteiger charge is -2.25. The van der Waals surface area contributed by atoms with Gasteiger partial charge in [0.1, 0.15) is 5.71 Å². The first-order valence-electron chi connectivity index (χ1n) is 7.88. The van der Waals surface area contributed by atoms with Crippen LogP contribution in [-0.4, -0.2) is 18.3 Å². The fourth-order valence-corrected chi connectivity index (χ4v) is 2.21. The molecule has 0 heterocycles. The van der Waals surface area contributed by atoms with Crippen molar-refractivity contribution in [3.8, 4) is 0 Å². The quantitative estimate of drug-likeness (QED) is 0.522. The molecule has 0 fully saturated rings. The number of unbranched alkanes of at least 4 members (excludes halogenated alkanes) is 1. The van der Waals surface area contributed by atoms with Crippen LogP contribution in [0.5, 0.6) is 0 Å². The van der Waals surface area contributed by atoms with Gasteiger partial charge in [0.05, 0.1) is 12.1 Å². The summed E-state index contributed by atoms with van der Waals surface area (Å²) < 4.78 is 5.16. The SMILES string of the molecule is CCCCC(=NC(C)(CC)c1ccccc1)C(=O)OCC. The zero-order valence-electron chi connectivity index (χ0n) is 13.7. The van der Waals surface area contributed by atoms with Crippen molar-refractivity contribution in [2.75, 3.05) is 6.61 Å². The van der Waals surface area contributed by atoms with Gasteiger partial charge in [0, 0.05) is 0 Å². The molecule has 0 saturated heterocycles. The molecule has 0 aliphatic heterocycles. The Bertz CT molecular complexity index is 467. The van der Waals surface area contributed by atoms with Gasteiger partial charge in [-0.25, -0.2) is 4.79 Å². The highest BCUT2D eigenvalue weighted by atomic mass is 16.5. The second-order valence-electron chi connectivity index (χ2n) is 5.38. The van der Waals surface area contributed by atoms with Crippen molar-refractivity contribution in [3.05, 3.63) is 35.9 Å². The zero-order valence-corrected chi connectivity index (χ0v) is 13.7. The van der Waals surface area contributed by atoms with Gasteiger partial charge in [-0.1, -0.05) is 50.6 Å². The summed E-state index contributed by atoms with van der Waals surface area (Å²) in [7, 11) is 0. The number of carbonyl (C=O) groups is 1. The maximum Gasteiger partial charge on any atom is 0.352 e. The van der Waals surface area contributed by atoms with Crippen LogP contribution in [0, 0.1) is 0 Å². The second kappa shape index (κ2) is 8.60. The van der Waals surface area contributed by atoms with E-state index >= 15 is 0 Å². The van der Waals surface area contributed by atoms with Crippen LogP contribution in [0.4, 0.5) is 0 Å². The topological polar surface area (TPSA) is 38.7 Å². The number of hydrogen-bond acceptors (Lipinski definition) is 3. The third-order valence-corrected chi connectivity index (χ3v) is 3.74. The Hall–Kier alpha value is -1.64. The lowest BCUT2D eigenvalue weighted by molar-refractivity contribution is -0.135. The minimum absolute atomic E-state index is 0.276. The van der Waals surface area contributed by atoms with Crippen LogP contribution < -0.4 is 0 Å². The van der Waals surface area contributed by atoms with Gasteiger partial charge in [-0.3, -0.25) is 4.99 Å². The molecule has 1 unspecified atom stereocenters. The monoisotopic (exact) mass is 289 g/mol. The Morgan fingerprint density at radius 2 is 1.86 bits per heavy atom. The summed E-state index contributed by atoms with van der Waals surface area (Å²) in [6.45, 7) is 8.50. The average molecular weight is 289 g/mol. The molecule has 1 atom stereocenters. The number of esters is 1. The van der Waals surface area contributed by atoms with E-state index in [1.165, 1.54) is 0 Å². The summed E-state index contributed by atoms with van der Waals surface area (Å²) in [6, 6.07) is 10.1. The number of rotatable bonds is 8. The van der Waals surface area contributed by atoms with Crippen molar-refractivity contribution >= 4 is 11.7 Å². The van der Waals surface area contributed by atoms with E-state index in [2.05, 4.69) is 32.9 Å². The highest BCUT2D eigenvalue weighted by Crippen LogP contribution is 2.29. The Morgan fingerprint density at radius 3 is 2.38 bits per heavy atom. The van der Waals surface area contributed by atoms with Crippen LogP contribution in [0.25, 0.3) is 0 Å². The van der Waals surface area contributed by atoms with Crippen LogP contribution >= 0.6 is 0 Å². The minimum atomic E-state index is -0.378. The molecule has 21 heavy (non-hydrogen) atoms. The number of nitrogens with zero attached hydrogens (tertiary/aromatic N) is 1. The fraction of sp³-hybridized carbons (Fsp3) is 0.556. The number of hydrogen-bond donors (Lipinski definition) is 0. The molecule has 0 N–H and O–H groups in total. The normalized spacial score (nSPS) is 14.6. The molecular formula is C18H27NO2. The summed E-state index contributed by atoms with van der Waals surface area (Å²) in [5.74, 6) is -0.276. The van der Waals surface area contributed by atoms with Crippen LogP contribution in [0.15, 0.2) is 35.3 Å². The molecule has 0 amide bonds. The van der Waals surface area contributed by atoms with E-state index < -0.39 is 0 Å². The second-order valence-corrected chi connectivity index (χ2v) is 5.38. The molecule has 1 aromatic carbocycles. The van der Waals surface area contributed by atoms with Crippen LogP contribution in [0.3, 0.4) is 0 Å². The van der Waals surface area contributed by atoms with Gasteiger partial charge in [0.25, 0.3) is 0 Å². The summed E-state index contributed by atoms with van der Waals surface area (Å²) >= 11 is 0. The van der Waals surface area contributed by atoms with Gasteiger partial charge >= 0.3 is 5.97 Å². The van der Waals surface area contributed by atoms with Crippen molar-refractivity contribution in [2.45, 2.75) is 58.9 Å². The largest absolute Gasteiger partial charge is 0.462 e. The standard InChI is InChI=1S/C18H27NO2/c1-5-8-14-16(17(20)21-7-3)19-18(4,6-2)15-12-10-9-11-13-15/h9-13H,5-8,14H2,1-4H3. The molecule has 1 rings (SSSR count). The zero-order chi connectivity index (χ0) is 15.7. The predicted molar refractivity (Wildman–Crippen MR) is 87.7 cm³/mol. The van der Waals surface area contributed by atoms with Gasteiger partial charge in [0.2, 0.25) is 0 Å². The molecule has 0 aromatic heterocycles. The van der Waals surface area contributed by atoms with E-state index in [1.807, 2.05) is 25.1 Å². The van der Waals surface area contributed by atoms with E-state index in [1.54, 1.807) is 0 Å². The number of benzene rings is 1. The van der Waals surface area contributed by atoms with Crippen molar-refractivity contribution < 1.29 is 9.53 Å². The Balaban J connectivity index is 3.11. The Kier molecular flexibility index (Phi) is 7.13. The molecule has 0 radical (unpaired) electrons. The van der Waals surface area contributed by atoms with Gasteiger partial charge in [-0.05, 0) is 38.7 Å². The molecule has 0 spiro atoms. The molecule has 3 nitrogen and oxygen atoms in total. The number of carbonyl (C=O) groups excluding carboxylic acids is 1. The molecule has 0 saturated carbocycles. The summed E-state index contributed by atoms with van der Waals surface area (Å²) in [5, 5.41) is 0. The molecule has 116 valence electrons. The van der Waals surface area contributed by atoms with Crippen molar-refractivity contribution in [3.63, 3.8) is 0 Å². The van der Waals surface area contributed by atoms with Crippen LogP contribution in [-0.2, 0) is 15.1 Å². The first-order chi connectivity index (χ1) is 10.1. The molecular weight excluding hydrogens is 262 g/mol. The van der Waals surface area contributed by atoms with Gasteiger partial charge in [-0.15, -0.1) is 0 Å². The first kappa shape index (κ1) is 17.4. The smallest absolute Gasteiger partial charge is 0.352 e. The predicted octanol–water partition coefficient (Wildman–Crippen LogP) is 4.51. The van der Waals surface area contributed by atoms with E-state index in [0.29, 0.717) is 18.7 Å².